The molecule has 0 radical (unpaired) electrons. The summed E-state index contributed by atoms with van der Waals surface area (Å²) >= 11 is 3.52. The van der Waals surface area contributed by atoms with Crippen LogP contribution in [0.4, 0.5) is 4.39 Å². The van der Waals surface area contributed by atoms with Crippen molar-refractivity contribution in [3.05, 3.63) is 56.8 Å². The third-order valence-electron chi connectivity index (χ3n) is 3.46. The lowest BCUT2D eigenvalue weighted by atomic mass is 10.1. The van der Waals surface area contributed by atoms with E-state index in [0.29, 0.717) is 0 Å². The van der Waals surface area contributed by atoms with Gasteiger partial charge in [-0.05, 0) is 66.6 Å². The predicted octanol–water partition coefficient (Wildman–Crippen LogP) is 5.50. The van der Waals surface area contributed by atoms with Gasteiger partial charge in [-0.2, -0.15) is 0 Å². The van der Waals surface area contributed by atoms with E-state index in [0.717, 1.165) is 23.1 Å². The van der Waals surface area contributed by atoms with E-state index in [1.165, 1.54) is 21.4 Å². The highest BCUT2D eigenvalue weighted by atomic mass is 32.1. The van der Waals surface area contributed by atoms with Gasteiger partial charge in [0.1, 0.15) is 5.82 Å². The molecule has 0 amide bonds. The normalized spacial score (nSPS) is 12.9. The lowest BCUT2D eigenvalue weighted by Gasteiger charge is -2.15. The quantitative estimate of drug-likeness (QED) is 0.655. The molecule has 0 aliphatic heterocycles. The van der Waals surface area contributed by atoms with Crippen LogP contribution in [0.15, 0.2) is 35.7 Å². The van der Waals surface area contributed by atoms with E-state index in [1.54, 1.807) is 28.7 Å². The summed E-state index contributed by atoms with van der Waals surface area (Å²) in [5.74, 6) is -0.170. The molecule has 110 valence electrons. The summed E-state index contributed by atoms with van der Waals surface area (Å²) in [7, 11) is 0. The van der Waals surface area contributed by atoms with Gasteiger partial charge in [-0.3, -0.25) is 0 Å². The van der Waals surface area contributed by atoms with Crippen LogP contribution in [0.5, 0.6) is 0 Å². The molecule has 4 heteroatoms. The Hall–Kier alpha value is -1.23. The Balaban J connectivity index is 2.00. The highest BCUT2D eigenvalue weighted by Gasteiger charge is 2.17. The fraction of sp³-hybridized carbons (Fsp3) is 0.294. The molecule has 0 saturated carbocycles. The van der Waals surface area contributed by atoms with Crippen LogP contribution >= 0.6 is 22.7 Å². The zero-order valence-corrected chi connectivity index (χ0v) is 13.8. The van der Waals surface area contributed by atoms with Gasteiger partial charge in [0, 0.05) is 14.5 Å². The lowest BCUT2D eigenvalue weighted by molar-refractivity contribution is 0.607. The second-order valence-corrected chi connectivity index (χ2v) is 7.44. The van der Waals surface area contributed by atoms with Crippen molar-refractivity contribution in [3.8, 4) is 0 Å². The third-order valence-corrected chi connectivity index (χ3v) is 5.53. The Bertz CT molecular complexity index is 744. The van der Waals surface area contributed by atoms with Crippen LogP contribution < -0.4 is 5.32 Å². The van der Waals surface area contributed by atoms with Crippen LogP contribution in [0.2, 0.25) is 0 Å². The Labute approximate surface area is 132 Å². The van der Waals surface area contributed by atoms with Gasteiger partial charge in [0.15, 0.2) is 0 Å². The van der Waals surface area contributed by atoms with Crippen LogP contribution in [0.25, 0.3) is 10.1 Å². The monoisotopic (exact) mass is 319 g/mol. The molecule has 3 rings (SSSR count). The molecular weight excluding hydrogens is 301 g/mol. The molecule has 1 aromatic carbocycles. The van der Waals surface area contributed by atoms with Crippen molar-refractivity contribution in [1.82, 2.24) is 5.32 Å². The summed E-state index contributed by atoms with van der Waals surface area (Å²) in [6.07, 6.45) is 1.10. The minimum atomic E-state index is -0.170. The Morgan fingerprint density at radius 2 is 2.10 bits per heavy atom. The van der Waals surface area contributed by atoms with Gasteiger partial charge in [0.05, 0.1) is 6.04 Å². The minimum absolute atomic E-state index is 0.170. The first kappa shape index (κ1) is 14.7. The smallest absolute Gasteiger partial charge is 0.123 e. The Kier molecular flexibility index (Phi) is 4.38. The molecule has 0 spiro atoms. The van der Waals surface area contributed by atoms with Crippen LogP contribution in [-0.2, 0) is 0 Å². The van der Waals surface area contributed by atoms with E-state index >= 15 is 0 Å². The second-order valence-electron chi connectivity index (χ2n) is 5.21. The van der Waals surface area contributed by atoms with E-state index in [1.807, 2.05) is 6.07 Å². The molecule has 0 fully saturated rings. The molecule has 0 aliphatic rings. The van der Waals surface area contributed by atoms with Crippen LogP contribution in [0.3, 0.4) is 0 Å². The fourth-order valence-corrected chi connectivity index (χ4v) is 4.34. The molecule has 1 atom stereocenters. The second kappa shape index (κ2) is 6.26. The number of nitrogens with one attached hydrogen (secondary N) is 1. The van der Waals surface area contributed by atoms with Gasteiger partial charge in [0.2, 0.25) is 0 Å². The van der Waals surface area contributed by atoms with Gasteiger partial charge in [-0.25, -0.2) is 4.39 Å². The molecule has 2 aromatic heterocycles. The van der Waals surface area contributed by atoms with Gasteiger partial charge in [-0.15, -0.1) is 22.7 Å². The van der Waals surface area contributed by atoms with Gasteiger partial charge in [0.25, 0.3) is 0 Å². The van der Waals surface area contributed by atoms with Gasteiger partial charge in [-0.1, -0.05) is 6.92 Å². The number of rotatable bonds is 5. The van der Waals surface area contributed by atoms with Crippen molar-refractivity contribution >= 4 is 32.8 Å². The number of halogens is 1. The van der Waals surface area contributed by atoms with E-state index in [9.17, 15) is 4.39 Å². The van der Waals surface area contributed by atoms with Crippen molar-refractivity contribution in [3.63, 3.8) is 0 Å². The van der Waals surface area contributed by atoms with Crippen molar-refractivity contribution in [2.45, 2.75) is 26.3 Å². The molecule has 1 unspecified atom stereocenters. The summed E-state index contributed by atoms with van der Waals surface area (Å²) in [4.78, 5) is 2.57. The molecular formula is C17H18FNS2. The molecule has 0 bridgehead atoms. The summed E-state index contributed by atoms with van der Waals surface area (Å²) in [5.41, 5.74) is 1.30. The van der Waals surface area contributed by atoms with Crippen molar-refractivity contribution in [1.29, 1.82) is 0 Å². The fourth-order valence-electron chi connectivity index (χ4n) is 2.46. The standard InChI is InChI=1S/C17H18FNS2/c1-3-6-19-17(13-7-11(2)20-10-13)16-9-12-8-14(18)4-5-15(12)21-16/h4-5,7-10,17,19H,3,6H2,1-2H3. The first-order valence-electron chi connectivity index (χ1n) is 7.15. The number of thiophene rings is 2. The average molecular weight is 319 g/mol. The van der Waals surface area contributed by atoms with Crippen molar-refractivity contribution < 1.29 is 4.39 Å². The van der Waals surface area contributed by atoms with E-state index in [2.05, 4.69) is 36.7 Å². The van der Waals surface area contributed by atoms with Crippen molar-refractivity contribution in [2.75, 3.05) is 6.54 Å². The highest BCUT2D eigenvalue weighted by Crippen LogP contribution is 2.35. The molecule has 1 N–H and O–H groups in total. The predicted molar refractivity (Wildman–Crippen MR) is 91.0 cm³/mol. The van der Waals surface area contributed by atoms with Crippen molar-refractivity contribution in [2.24, 2.45) is 0 Å². The number of hydrogen-bond donors (Lipinski definition) is 1. The van der Waals surface area contributed by atoms with E-state index in [-0.39, 0.29) is 11.9 Å². The lowest BCUT2D eigenvalue weighted by Crippen LogP contribution is -2.21. The van der Waals surface area contributed by atoms with Gasteiger partial charge >= 0.3 is 0 Å². The molecule has 1 nitrogen and oxygen atoms in total. The molecule has 0 saturated heterocycles. The number of benzene rings is 1. The maximum atomic E-state index is 13.4. The van der Waals surface area contributed by atoms with E-state index < -0.39 is 0 Å². The van der Waals surface area contributed by atoms with Crippen LogP contribution in [0, 0.1) is 12.7 Å². The first-order chi connectivity index (χ1) is 10.2. The SMILES string of the molecule is CCCNC(c1csc(C)c1)c1cc2cc(F)ccc2s1. The van der Waals surface area contributed by atoms with Gasteiger partial charge < -0.3 is 5.32 Å². The number of hydrogen-bond acceptors (Lipinski definition) is 3. The summed E-state index contributed by atoms with van der Waals surface area (Å²) < 4.78 is 14.5. The zero-order chi connectivity index (χ0) is 14.8. The first-order valence-corrected chi connectivity index (χ1v) is 8.84. The molecule has 0 aliphatic carbocycles. The summed E-state index contributed by atoms with van der Waals surface area (Å²) in [5, 5.41) is 6.82. The maximum absolute atomic E-state index is 13.4. The molecule has 3 aromatic rings. The zero-order valence-electron chi connectivity index (χ0n) is 12.2. The number of fused-ring (bicyclic) bond motifs is 1. The molecule has 2 heterocycles. The largest absolute Gasteiger partial charge is 0.306 e. The Morgan fingerprint density at radius 3 is 2.81 bits per heavy atom. The maximum Gasteiger partial charge on any atom is 0.123 e. The average Bonchev–Trinajstić information content (AvgIpc) is 3.05. The topological polar surface area (TPSA) is 12.0 Å². The van der Waals surface area contributed by atoms with Crippen LogP contribution in [-0.4, -0.2) is 6.54 Å². The van der Waals surface area contributed by atoms with Crippen LogP contribution in [0.1, 0.15) is 34.7 Å². The van der Waals surface area contributed by atoms with E-state index in [4.69, 9.17) is 0 Å². The molecule has 21 heavy (non-hydrogen) atoms. The summed E-state index contributed by atoms with van der Waals surface area (Å²) in [6, 6.07) is 9.58. The summed E-state index contributed by atoms with van der Waals surface area (Å²) in [6.45, 7) is 5.27. The minimum Gasteiger partial charge on any atom is -0.306 e. The third kappa shape index (κ3) is 3.18. The Morgan fingerprint density at radius 1 is 1.24 bits per heavy atom. The number of aryl methyl sites for hydroxylation is 1. The highest BCUT2D eigenvalue weighted by molar-refractivity contribution is 7.19.